The van der Waals surface area contributed by atoms with E-state index in [2.05, 4.69) is 0 Å². The molecule has 0 radical (unpaired) electrons. The van der Waals surface area contributed by atoms with E-state index in [1.165, 1.54) is 10.6 Å². The minimum Gasteiger partial charge on any atom is -0.444 e. The second-order valence-corrected chi connectivity index (χ2v) is 12.8. The van der Waals surface area contributed by atoms with E-state index < -0.39 is 21.2 Å². The van der Waals surface area contributed by atoms with Gasteiger partial charge in [-0.15, -0.1) is 0 Å². The first-order chi connectivity index (χ1) is 15.8. The van der Waals surface area contributed by atoms with Crippen LogP contribution in [0.15, 0.2) is 18.2 Å². The van der Waals surface area contributed by atoms with Crippen molar-refractivity contribution in [3.63, 3.8) is 0 Å². The van der Waals surface area contributed by atoms with Gasteiger partial charge >= 0.3 is 6.09 Å². The first kappa shape index (κ1) is 26.9. The third-order valence-corrected chi connectivity index (χ3v) is 8.17. The number of ether oxygens (including phenoxy) is 1. The molecule has 0 bridgehead atoms. The zero-order chi connectivity index (χ0) is 25.1. The summed E-state index contributed by atoms with van der Waals surface area (Å²) >= 11 is 0. The number of fused-ring (bicyclic) bond motifs is 1. The highest BCUT2D eigenvalue weighted by Crippen LogP contribution is 2.33. The summed E-state index contributed by atoms with van der Waals surface area (Å²) < 4.78 is 30.6. The van der Waals surface area contributed by atoms with Crippen LogP contribution < -0.4 is 0 Å². The number of hydrogen-bond donors (Lipinski definition) is 2. The summed E-state index contributed by atoms with van der Waals surface area (Å²) in [7, 11) is -3.24. The van der Waals surface area contributed by atoms with Crippen molar-refractivity contribution in [1.82, 2.24) is 9.21 Å². The molecule has 1 aromatic rings. The standard InChI is InChI=1S/C25H40N2O6S/c1-24(2,3)33-23(29)26-13-9-19(10-14-26)6-5-12-25(30,18-28)22-8-7-21-17-27(34(4,31)32)15-11-20(21)16-22/h7-8,16,19,28,30H,5-6,9-15,17-18H2,1-4H3. The molecule has 3 rings (SSSR count). The van der Waals surface area contributed by atoms with Crippen LogP contribution in [0.3, 0.4) is 0 Å². The Labute approximate surface area is 203 Å². The average molecular weight is 497 g/mol. The number of piperidine rings is 1. The predicted molar refractivity (Wildman–Crippen MR) is 131 cm³/mol. The van der Waals surface area contributed by atoms with Crippen molar-refractivity contribution in [3.05, 3.63) is 34.9 Å². The second-order valence-electron chi connectivity index (χ2n) is 10.8. The largest absolute Gasteiger partial charge is 0.444 e. The summed E-state index contributed by atoms with van der Waals surface area (Å²) in [6, 6.07) is 5.60. The molecule has 34 heavy (non-hydrogen) atoms. The van der Waals surface area contributed by atoms with Crippen molar-refractivity contribution in [2.75, 3.05) is 32.5 Å². The van der Waals surface area contributed by atoms with Gasteiger partial charge in [0, 0.05) is 26.2 Å². The number of hydrogen-bond acceptors (Lipinski definition) is 6. The Bertz CT molecular complexity index is 966. The lowest BCUT2D eigenvalue weighted by molar-refractivity contribution is -0.0293. The number of carbonyl (C=O) groups is 1. The molecular formula is C25H40N2O6S. The van der Waals surface area contributed by atoms with Gasteiger partial charge in [-0.05, 0) is 75.5 Å². The lowest BCUT2D eigenvalue weighted by atomic mass is 9.84. The number of rotatable bonds is 7. The van der Waals surface area contributed by atoms with Gasteiger partial charge < -0.3 is 19.8 Å². The number of likely N-dealkylation sites (tertiary alicyclic amines) is 1. The number of aliphatic hydroxyl groups is 2. The average Bonchev–Trinajstić information content (AvgIpc) is 2.77. The molecule has 9 heteroatoms. The SMILES string of the molecule is CC(C)(C)OC(=O)N1CCC(CCCC(O)(CO)c2ccc3c(c2)CCN(S(C)(=O)=O)C3)CC1. The summed E-state index contributed by atoms with van der Waals surface area (Å²) in [5, 5.41) is 21.2. The van der Waals surface area contributed by atoms with Crippen LogP contribution >= 0.6 is 0 Å². The van der Waals surface area contributed by atoms with Gasteiger partial charge in [0.1, 0.15) is 11.2 Å². The Morgan fingerprint density at radius 3 is 2.41 bits per heavy atom. The Morgan fingerprint density at radius 2 is 1.82 bits per heavy atom. The smallest absolute Gasteiger partial charge is 0.410 e. The summed E-state index contributed by atoms with van der Waals surface area (Å²) in [6.45, 7) is 7.37. The number of nitrogens with zero attached hydrogens (tertiary/aromatic N) is 2. The van der Waals surface area contributed by atoms with Crippen LogP contribution in [0, 0.1) is 5.92 Å². The third-order valence-electron chi connectivity index (χ3n) is 6.92. The molecule has 8 nitrogen and oxygen atoms in total. The third kappa shape index (κ3) is 6.93. The topological polar surface area (TPSA) is 107 Å². The molecule has 1 aromatic carbocycles. The molecular weight excluding hydrogens is 456 g/mol. The van der Waals surface area contributed by atoms with Gasteiger partial charge in [0.2, 0.25) is 10.0 Å². The molecule has 0 aliphatic carbocycles. The minimum atomic E-state index is -3.24. The molecule has 2 aliphatic heterocycles. The molecule has 0 aromatic heterocycles. The number of aliphatic hydroxyl groups excluding tert-OH is 1. The highest BCUT2D eigenvalue weighted by molar-refractivity contribution is 7.88. The van der Waals surface area contributed by atoms with Crippen LogP contribution in [0.1, 0.15) is 69.6 Å². The van der Waals surface area contributed by atoms with Gasteiger partial charge in [-0.25, -0.2) is 13.2 Å². The Kier molecular flexibility index (Phi) is 8.33. The van der Waals surface area contributed by atoms with E-state index in [1.807, 2.05) is 32.9 Å². The van der Waals surface area contributed by atoms with Crippen LogP contribution in [0.25, 0.3) is 0 Å². The van der Waals surface area contributed by atoms with Gasteiger partial charge in [-0.2, -0.15) is 4.31 Å². The van der Waals surface area contributed by atoms with Gasteiger partial charge in [-0.3, -0.25) is 0 Å². The van der Waals surface area contributed by atoms with Gasteiger partial charge in [0.05, 0.1) is 12.9 Å². The lowest BCUT2D eigenvalue weighted by Gasteiger charge is -2.34. The van der Waals surface area contributed by atoms with Crippen LogP contribution in [0.5, 0.6) is 0 Å². The molecule has 1 amide bonds. The molecule has 1 unspecified atom stereocenters. The number of sulfonamides is 1. The summed E-state index contributed by atoms with van der Waals surface area (Å²) in [5.41, 5.74) is 0.838. The molecule has 1 atom stereocenters. The maximum Gasteiger partial charge on any atom is 0.410 e. The first-order valence-electron chi connectivity index (χ1n) is 12.2. The van der Waals surface area contributed by atoms with Gasteiger partial charge in [0.15, 0.2) is 0 Å². The normalized spacial score (nSPS) is 20.0. The molecule has 2 aliphatic rings. The molecule has 2 N–H and O–H groups in total. The van der Waals surface area contributed by atoms with Crippen molar-refractivity contribution in [2.45, 2.75) is 77.0 Å². The quantitative estimate of drug-likeness (QED) is 0.601. The Hall–Kier alpha value is -1.68. The number of carbonyl (C=O) groups excluding carboxylic acids is 1. The summed E-state index contributed by atoms with van der Waals surface area (Å²) in [4.78, 5) is 14.0. The maximum atomic E-state index is 12.2. The molecule has 1 saturated heterocycles. The van der Waals surface area contributed by atoms with Crippen molar-refractivity contribution in [3.8, 4) is 0 Å². The fraction of sp³-hybridized carbons (Fsp3) is 0.720. The number of benzene rings is 1. The second kappa shape index (κ2) is 10.5. The minimum absolute atomic E-state index is 0.257. The van der Waals surface area contributed by atoms with E-state index in [1.54, 1.807) is 11.0 Å². The van der Waals surface area contributed by atoms with Crippen LogP contribution in [-0.4, -0.2) is 72.0 Å². The molecule has 1 fully saturated rings. The maximum absolute atomic E-state index is 12.2. The fourth-order valence-corrected chi connectivity index (χ4v) is 5.62. The van der Waals surface area contributed by atoms with Crippen molar-refractivity contribution in [2.24, 2.45) is 5.92 Å². The molecule has 0 spiro atoms. The zero-order valence-electron chi connectivity index (χ0n) is 20.9. The van der Waals surface area contributed by atoms with E-state index in [-0.39, 0.29) is 12.7 Å². The van der Waals surface area contributed by atoms with E-state index in [4.69, 9.17) is 4.74 Å². The van der Waals surface area contributed by atoms with Crippen LogP contribution in [-0.2, 0) is 33.3 Å². The Balaban J connectivity index is 1.52. The molecule has 192 valence electrons. The zero-order valence-corrected chi connectivity index (χ0v) is 21.7. The monoisotopic (exact) mass is 496 g/mol. The predicted octanol–water partition coefficient (Wildman–Crippen LogP) is 3.00. The van der Waals surface area contributed by atoms with Crippen LogP contribution in [0.4, 0.5) is 4.79 Å². The lowest BCUT2D eigenvalue weighted by Crippen LogP contribution is -2.41. The summed E-state index contributed by atoms with van der Waals surface area (Å²) in [5.74, 6) is 0.479. The number of amides is 1. The fourth-order valence-electron chi connectivity index (χ4n) is 4.83. The van der Waals surface area contributed by atoms with E-state index >= 15 is 0 Å². The van der Waals surface area contributed by atoms with E-state index in [9.17, 15) is 23.4 Å². The van der Waals surface area contributed by atoms with Crippen molar-refractivity contribution >= 4 is 16.1 Å². The molecule has 2 heterocycles. The van der Waals surface area contributed by atoms with E-state index in [0.717, 1.165) is 36.8 Å². The van der Waals surface area contributed by atoms with Crippen molar-refractivity contribution in [1.29, 1.82) is 0 Å². The molecule has 0 saturated carbocycles. The van der Waals surface area contributed by atoms with Gasteiger partial charge in [-0.1, -0.05) is 24.6 Å². The first-order valence-corrected chi connectivity index (χ1v) is 14.0. The van der Waals surface area contributed by atoms with Gasteiger partial charge in [0.25, 0.3) is 0 Å². The highest BCUT2D eigenvalue weighted by Gasteiger charge is 2.32. The summed E-state index contributed by atoms with van der Waals surface area (Å²) in [6.07, 6.45) is 5.52. The highest BCUT2D eigenvalue weighted by atomic mass is 32.2. The Morgan fingerprint density at radius 1 is 1.15 bits per heavy atom. The van der Waals surface area contributed by atoms with Crippen LogP contribution in [0.2, 0.25) is 0 Å². The van der Waals surface area contributed by atoms with Crippen molar-refractivity contribution < 1.29 is 28.2 Å². The van der Waals surface area contributed by atoms with E-state index in [0.29, 0.717) is 50.5 Å².